The number of rotatable bonds is 9. The van der Waals surface area contributed by atoms with Gasteiger partial charge in [-0.25, -0.2) is 9.79 Å². The second-order valence-electron chi connectivity index (χ2n) is 8.59. The van der Waals surface area contributed by atoms with Gasteiger partial charge in [0.15, 0.2) is 27.8 Å². The van der Waals surface area contributed by atoms with E-state index in [1.54, 1.807) is 56.5 Å². The monoisotopic (exact) mass is 564 g/mol. The van der Waals surface area contributed by atoms with Crippen molar-refractivity contribution in [2.24, 2.45) is 4.99 Å². The van der Waals surface area contributed by atoms with Gasteiger partial charge < -0.3 is 23.7 Å². The summed E-state index contributed by atoms with van der Waals surface area (Å²) >= 11 is 1.19. The number of esters is 2. The molecule has 1 unspecified atom stereocenters. The molecule has 0 fully saturated rings. The highest BCUT2D eigenvalue weighted by Crippen LogP contribution is 2.36. The minimum atomic E-state index is -0.888. The maximum Gasteiger partial charge on any atom is 0.338 e. The third kappa shape index (κ3) is 5.55. The van der Waals surface area contributed by atoms with Crippen molar-refractivity contribution in [3.8, 4) is 23.0 Å². The molecular formula is C29H28N2O8S. The molecule has 40 heavy (non-hydrogen) atoms. The van der Waals surface area contributed by atoms with Crippen LogP contribution in [0.15, 0.2) is 70.1 Å². The Kier molecular flexibility index (Phi) is 8.54. The summed E-state index contributed by atoms with van der Waals surface area (Å²) in [6.45, 7) is 6.55. The van der Waals surface area contributed by atoms with Gasteiger partial charge in [-0.1, -0.05) is 36.1 Å². The Balaban J connectivity index is 1.93. The molecule has 0 N–H and O–H groups in total. The quantitative estimate of drug-likeness (QED) is 0.221. The number of fused-ring (bicyclic) bond motifs is 1. The Labute approximate surface area is 234 Å². The largest absolute Gasteiger partial charge is 0.493 e. The number of methoxy groups -OCH3 is 3. The zero-order valence-corrected chi connectivity index (χ0v) is 23.5. The summed E-state index contributed by atoms with van der Waals surface area (Å²) in [5, 5.41) is 0. The summed E-state index contributed by atoms with van der Waals surface area (Å²) in [4.78, 5) is 43.7. The number of carbonyl (C=O) groups is 2. The first-order valence-electron chi connectivity index (χ1n) is 12.1. The van der Waals surface area contributed by atoms with Crippen LogP contribution >= 0.6 is 11.3 Å². The highest BCUT2D eigenvalue weighted by molar-refractivity contribution is 7.07. The van der Waals surface area contributed by atoms with Gasteiger partial charge in [-0.05, 0) is 48.4 Å². The molecular weight excluding hydrogens is 536 g/mol. The standard InChI is InChI=1S/C29H28N2O8S/c1-7-12-38-28(34)25-16(2)30-29-31(26(25)19-9-11-21(39-17(3)32)23(15-19)37-6)27(33)24(40-29)14-18-8-10-20(35-4)22(13-18)36-5/h7-11,13-15,26H,1,12H2,2-6H3/b24-14-. The molecule has 0 spiro atoms. The van der Waals surface area contributed by atoms with Crippen molar-refractivity contribution >= 4 is 29.4 Å². The molecule has 1 aliphatic rings. The number of nitrogens with zero attached hydrogens (tertiary/aromatic N) is 2. The summed E-state index contributed by atoms with van der Waals surface area (Å²) in [5.41, 5.74) is 1.49. The predicted molar refractivity (Wildman–Crippen MR) is 149 cm³/mol. The maximum atomic E-state index is 13.9. The lowest BCUT2D eigenvalue weighted by Crippen LogP contribution is -2.40. The third-order valence-electron chi connectivity index (χ3n) is 6.04. The Morgan fingerprint density at radius 3 is 2.35 bits per heavy atom. The summed E-state index contributed by atoms with van der Waals surface area (Å²) in [6.07, 6.45) is 3.18. The van der Waals surface area contributed by atoms with Crippen LogP contribution in [-0.4, -0.2) is 44.4 Å². The molecule has 0 saturated heterocycles. The van der Waals surface area contributed by atoms with E-state index in [1.807, 2.05) is 0 Å². The van der Waals surface area contributed by atoms with Crippen LogP contribution in [0.4, 0.5) is 0 Å². The third-order valence-corrected chi connectivity index (χ3v) is 7.02. The average molecular weight is 565 g/mol. The SMILES string of the molecule is C=CCOC(=O)C1=C(C)N=c2s/c(=C\c3ccc(OC)c(OC)c3)c(=O)n2C1c1ccc(OC(C)=O)c(OC)c1. The van der Waals surface area contributed by atoms with Gasteiger partial charge in [0.25, 0.3) is 5.56 Å². The predicted octanol–water partition coefficient (Wildman–Crippen LogP) is 2.92. The van der Waals surface area contributed by atoms with E-state index in [9.17, 15) is 14.4 Å². The fourth-order valence-corrected chi connectivity index (χ4v) is 5.34. The van der Waals surface area contributed by atoms with Gasteiger partial charge in [0, 0.05) is 6.92 Å². The van der Waals surface area contributed by atoms with Crippen molar-refractivity contribution in [3.63, 3.8) is 0 Å². The fraction of sp³-hybridized carbons (Fsp3) is 0.241. The van der Waals surface area contributed by atoms with Crippen molar-refractivity contribution in [2.45, 2.75) is 19.9 Å². The van der Waals surface area contributed by atoms with Gasteiger partial charge in [0.2, 0.25) is 0 Å². The second-order valence-corrected chi connectivity index (χ2v) is 9.60. The topological polar surface area (TPSA) is 115 Å². The van der Waals surface area contributed by atoms with Gasteiger partial charge in [-0.15, -0.1) is 0 Å². The van der Waals surface area contributed by atoms with E-state index in [1.165, 1.54) is 43.1 Å². The molecule has 1 atom stereocenters. The lowest BCUT2D eigenvalue weighted by molar-refractivity contribution is -0.138. The van der Waals surface area contributed by atoms with Crippen LogP contribution in [0, 0.1) is 0 Å². The molecule has 0 radical (unpaired) electrons. The van der Waals surface area contributed by atoms with E-state index in [2.05, 4.69) is 11.6 Å². The normalized spacial score (nSPS) is 14.6. The molecule has 11 heteroatoms. The smallest absolute Gasteiger partial charge is 0.338 e. The van der Waals surface area contributed by atoms with Crippen molar-refractivity contribution in [3.05, 3.63) is 91.1 Å². The Hall–Kier alpha value is -4.64. The molecule has 0 bridgehead atoms. The molecule has 4 rings (SSSR count). The van der Waals surface area contributed by atoms with Gasteiger partial charge in [-0.2, -0.15) is 0 Å². The van der Waals surface area contributed by atoms with E-state index < -0.39 is 18.0 Å². The highest BCUT2D eigenvalue weighted by Gasteiger charge is 2.34. The van der Waals surface area contributed by atoms with E-state index in [4.69, 9.17) is 23.7 Å². The maximum absolute atomic E-state index is 13.9. The first-order chi connectivity index (χ1) is 19.2. The molecule has 208 valence electrons. The molecule has 0 saturated carbocycles. The van der Waals surface area contributed by atoms with Crippen LogP contribution in [0.1, 0.15) is 31.0 Å². The zero-order chi connectivity index (χ0) is 29.0. The molecule has 3 aromatic rings. The summed E-state index contributed by atoms with van der Waals surface area (Å²) in [5.74, 6) is 0.391. The van der Waals surface area contributed by atoms with Gasteiger partial charge >= 0.3 is 11.9 Å². The van der Waals surface area contributed by atoms with Gasteiger partial charge in [0.1, 0.15) is 6.61 Å². The van der Waals surface area contributed by atoms with Crippen LogP contribution in [0.25, 0.3) is 6.08 Å². The Morgan fingerprint density at radius 2 is 1.70 bits per heavy atom. The van der Waals surface area contributed by atoms with Gasteiger partial charge in [0.05, 0.1) is 43.2 Å². The van der Waals surface area contributed by atoms with Crippen LogP contribution in [0.3, 0.4) is 0 Å². The summed E-state index contributed by atoms with van der Waals surface area (Å²) < 4.78 is 28.6. The van der Waals surface area contributed by atoms with Crippen LogP contribution in [0.2, 0.25) is 0 Å². The molecule has 1 aromatic heterocycles. The first-order valence-corrected chi connectivity index (χ1v) is 12.9. The van der Waals surface area contributed by atoms with E-state index in [0.717, 1.165) is 0 Å². The molecule has 10 nitrogen and oxygen atoms in total. The molecule has 0 amide bonds. The number of benzene rings is 2. The van der Waals surface area contributed by atoms with E-state index in [-0.39, 0.29) is 29.2 Å². The highest BCUT2D eigenvalue weighted by atomic mass is 32.1. The number of thiazole rings is 1. The fourth-order valence-electron chi connectivity index (χ4n) is 4.30. The molecule has 2 aromatic carbocycles. The van der Waals surface area contributed by atoms with Crippen molar-refractivity contribution in [1.82, 2.24) is 4.57 Å². The van der Waals surface area contributed by atoms with E-state index in [0.29, 0.717) is 37.7 Å². The zero-order valence-electron chi connectivity index (χ0n) is 22.7. The second kappa shape index (κ2) is 12.0. The molecule has 2 heterocycles. The van der Waals surface area contributed by atoms with Crippen molar-refractivity contribution in [1.29, 1.82) is 0 Å². The number of hydrogen-bond acceptors (Lipinski definition) is 10. The number of ether oxygens (including phenoxy) is 5. The van der Waals surface area contributed by atoms with Crippen molar-refractivity contribution < 1.29 is 33.3 Å². The summed E-state index contributed by atoms with van der Waals surface area (Å²) in [6, 6.07) is 9.26. The Morgan fingerprint density at radius 1 is 1.02 bits per heavy atom. The van der Waals surface area contributed by atoms with Gasteiger partial charge in [-0.3, -0.25) is 14.2 Å². The van der Waals surface area contributed by atoms with Crippen LogP contribution in [0.5, 0.6) is 23.0 Å². The number of aromatic nitrogens is 1. The minimum Gasteiger partial charge on any atom is -0.493 e. The number of carbonyl (C=O) groups excluding carboxylic acids is 2. The van der Waals surface area contributed by atoms with Crippen molar-refractivity contribution in [2.75, 3.05) is 27.9 Å². The van der Waals surface area contributed by atoms with Crippen LogP contribution < -0.4 is 33.8 Å². The first kappa shape index (κ1) is 28.4. The number of hydrogen-bond donors (Lipinski definition) is 0. The molecule has 1 aliphatic heterocycles. The minimum absolute atomic E-state index is 0.0131. The number of allylic oxidation sites excluding steroid dienone is 1. The lowest BCUT2D eigenvalue weighted by atomic mass is 9.95. The average Bonchev–Trinajstić information content (AvgIpc) is 3.24. The van der Waals surface area contributed by atoms with E-state index >= 15 is 0 Å². The lowest BCUT2D eigenvalue weighted by Gasteiger charge is -2.25. The molecule has 0 aliphatic carbocycles. The Bertz CT molecular complexity index is 1700. The summed E-state index contributed by atoms with van der Waals surface area (Å²) in [7, 11) is 4.51. The van der Waals surface area contributed by atoms with Crippen LogP contribution in [-0.2, 0) is 14.3 Å².